The number of rotatable bonds is 6. The lowest BCUT2D eigenvalue weighted by Gasteiger charge is -2.09. The highest BCUT2D eigenvalue weighted by molar-refractivity contribution is 8.63. The van der Waals surface area contributed by atoms with Crippen LogP contribution in [0.25, 0.3) is 17.1 Å². The molecule has 34 heavy (non-hydrogen) atoms. The first-order valence-corrected chi connectivity index (χ1v) is 12.0. The van der Waals surface area contributed by atoms with Gasteiger partial charge in [0.15, 0.2) is 5.82 Å². The van der Waals surface area contributed by atoms with Crippen LogP contribution in [0.2, 0.25) is 0 Å². The number of benzene rings is 2. The monoisotopic (exact) mass is 523 g/mol. The van der Waals surface area contributed by atoms with Gasteiger partial charge < -0.3 is 10.6 Å². The molecule has 0 aliphatic carbocycles. The van der Waals surface area contributed by atoms with Gasteiger partial charge in [-0.15, -0.1) is 18.3 Å². The van der Waals surface area contributed by atoms with Crippen LogP contribution in [0.15, 0.2) is 60.0 Å². The summed E-state index contributed by atoms with van der Waals surface area (Å²) in [5.41, 5.74) is 2.18. The van der Waals surface area contributed by atoms with Crippen molar-refractivity contribution in [3.63, 3.8) is 0 Å². The second kappa shape index (κ2) is 10.6. The van der Waals surface area contributed by atoms with Gasteiger partial charge in [-0.25, -0.2) is 9.67 Å². The second-order valence-corrected chi connectivity index (χ2v) is 10.5. The lowest BCUT2D eigenvalue weighted by Crippen LogP contribution is -2.17. The van der Waals surface area contributed by atoms with Gasteiger partial charge in [-0.3, -0.25) is 8.74 Å². The zero-order valence-electron chi connectivity index (χ0n) is 17.0. The molecule has 0 bridgehead atoms. The van der Waals surface area contributed by atoms with Crippen molar-refractivity contribution >= 4 is 24.5 Å². The van der Waals surface area contributed by atoms with Crippen molar-refractivity contribution in [2.75, 3.05) is 7.11 Å². The van der Waals surface area contributed by atoms with Crippen LogP contribution in [0, 0.1) is 0 Å². The molecule has 2 aromatic carbocycles. The van der Waals surface area contributed by atoms with E-state index in [9.17, 15) is 30.0 Å². The zero-order valence-corrected chi connectivity index (χ0v) is 18.6. The second-order valence-electron chi connectivity index (χ2n) is 5.96. The predicted octanol–water partition coefficient (Wildman–Crippen LogP) is 1.89. The topological polar surface area (TPSA) is 176 Å². The molecular weight excluding hydrogens is 507 g/mol. The Morgan fingerprint density at radius 3 is 2.09 bits per heavy atom. The molecule has 0 spiro atoms. The number of hydrogen-bond acceptors (Lipinski definition) is 10. The summed E-state index contributed by atoms with van der Waals surface area (Å²) in [5, 5.41) is 7.76. The average molecular weight is 523 g/mol. The smallest absolute Gasteiger partial charge is 0.406 e. The van der Waals surface area contributed by atoms with Gasteiger partial charge >= 0.3 is 24.7 Å². The van der Waals surface area contributed by atoms with Crippen molar-refractivity contribution in [3.05, 3.63) is 60.4 Å². The molecule has 1 heterocycles. The van der Waals surface area contributed by atoms with E-state index in [0.29, 0.717) is 18.6 Å². The summed E-state index contributed by atoms with van der Waals surface area (Å²) in [4.78, 5) is 4.20. The highest BCUT2D eigenvalue weighted by Gasteiger charge is 2.31. The number of hydrazone groups is 1. The van der Waals surface area contributed by atoms with Crippen LogP contribution < -0.4 is 10.6 Å². The molecule has 0 saturated heterocycles. The Morgan fingerprint density at radius 1 is 1.06 bits per heavy atom. The summed E-state index contributed by atoms with van der Waals surface area (Å²) in [7, 11) is -9.28. The Morgan fingerprint density at radius 2 is 1.65 bits per heavy atom. The molecule has 3 N–H and O–H groups in total. The zero-order chi connectivity index (χ0) is 25.6. The van der Waals surface area contributed by atoms with Gasteiger partial charge in [-0.1, -0.05) is 24.3 Å². The van der Waals surface area contributed by atoms with E-state index in [1.54, 1.807) is 0 Å². The van der Waals surface area contributed by atoms with Crippen molar-refractivity contribution < 1.29 is 43.5 Å². The van der Waals surface area contributed by atoms with E-state index in [0.717, 1.165) is 11.1 Å². The quantitative estimate of drug-likeness (QED) is 0.159. The normalized spacial score (nSPS) is 12.3. The summed E-state index contributed by atoms with van der Waals surface area (Å²) in [5.74, 6) is 5.27. The van der Waals surface area contributed by atoms with E-state index in [1.165, 1.54) is 41.5 Å². The maximum atomic E-state index is 12.2. The maximum Gasteiger partial charge on any atom is 0.573 e. The van der Waals surface area contributed by atoms with E-state index in [4.69, 9.17) is 10.4 Å². The van der Waals surface area contributed by atoms with Crippen LogP contribution in [0.4, 0.5) is 13.2 Å². The van der Waals surface area contributed by atoms with Crippen molar-refractivity contribution in [1.29, 1.82) is 0 Å². The fraction of sp³-hybridized carbons (Fsp3) is 0.118. The molecule has 1 aromatic heterocycles. The van der Waals surface area contributed by atoms with Gasteiger partial charge in [0, 0.05) is 5.56 Å². The summed E-state index contributed by atoms with van der Waals surface area (Å²) < 4.78 is 92.4. The third kappa shape index (κ3) is 7.51. The number of nitrogens with two attached hydrogens (primary N) is 1. The third-order valence-electron chi connectivity index (χ3n) is 3.68. The lowest BCUT2D eigenvalue weighted by atomic mass is 10.1. The minimum absolute atomic E-state index is 0.297. The number of nitrogens with zero attached hydrogens (tertiary/aromatic N) is 4. The average Bonchev–Trinajstić information content (AvgIpc) is 3.24. The first-order chi connectivity index (χ1) is 15.8. The summed E-state index contributed by atoms with van der Waals surface area (Å²) in [6.45, 7) is 0. The first-order valence-electron chi connectivity index (χ1n) is 8.65. The van der Waals surface area contributed by atoms with Gasteiger partial charge in [0.25, 0.3) is 0 Å². The molecule has 3 rings (SSSR count). The summed E-state index contributed by atoms with van der Waals surface area (Å²) >= 11 is 0. The molecule has 184 valence electrons. The lowest BCUT2D eigenvalue weighted by molar-refractivity contribution is -0.274. The molecule has 0 radical (unpaired) electrons. The predicted molar refractivity (Wildman–Crippen MR) is 113 cm³/mol. The van der Waals surface area contributed by atoms with E-state index >= 15 is 0 Å². The molecule has 0 atom stereocenters. The van der Waals surface area contributed by atoms with Crippen LogP contribution in [-0.2, 0) is 22.5 Å². The number of halogens is 3. The van der Waals surface area contributed by atoms with Crippen LogP contribution in [0.5, 0.6) is 5.75 Å². The first kappa shape index (κ1) is 26.7. The molecule has 17 heteroatoms. The van der Waals surface area contributed by atoms with Gasteiger partial charge in [0.1, 0.15) is 12.1 Å². The van der Waals surface area contributed by atoms with Crippen LogP contribution in [-0.4, -0.2) is 55.8 Å². The standard InChI is InChI=1S/C16H12F3N5O.CH4O6S2/c17-16(18,19)25-14-7-5-13(6-8-14)24-10-21-15(23-24)12-3-1-11(2-4-12)9-22-20;1-7-9(5,6)8(2,3)4/h1-10H,20H2;1H3,(H,2,3,4)/b22-9+;. The Hall–Kier alpha value is -3.54. The fourth-order valence-corrected chi connectivity index (χ4v) is 2.90. The molecule has 12 nitrogen and oxygen atoms in total. The van der Waals surface area contributed by atoms with Gasteiger partial charge in [-0.2, -0.15) is 21.9 Å². The molecule has 0 unspecified atom stereocenters. The van der Waals surface area contributed by atoms with Crippen LogP contribution in [0.3, 0.4) is 0 Å². The molecule has 0 saturated carbocycles. The number of ether oxygens (including phenoxy) is 1. The Bertz CT molecular complexity index is 1340. The van der Waals surface area contributed by atoms with Gasteiger partial charge in [0.2, 0.25) is 0 Å². The third-order valence-corrected chi connectivity index (χ3v) is 6.56. The summed E-state index contributed by atoms with van der Waals surface area (Å²) in [6.07, 6.45) is -1.73. The van der Waals surface area contributed by atoms with E-state index < -0.39 is 24.7 Å². The van der Waals surface area contributed by atoms with Crippen molar-refractivity contribution in [2.24, 2.45) is 10.9 Å². The Balaban J connectivity index is 0.000000387. The molecule has 0 aliphatic heterocycles. The molecule has 0 fully saturated rings. The van der Waals surface area contributed by atoms with Crippen molar-refractivity contribution in [2.45, 2.75) is 6.36 Å². The van der Waals surface area contributed by atoms with Crippen molar-refractivity contribution in [1.82, 2.24) is 14.8 Å². The molecule has 3 aromatic rings. The van der Waals surface area contributed by atoms with E-state index in [2.05, 4.69) is 24.1 Å². The van der Waals surface area contributed by atoms with Gasteiger partial charge in [-0.05, 0) is 29.8 Å². The van der Waals surface area contributed by atoms with Crippen molar-refractivity contribution in [3.8, 4) is 22.8 Å². The molecule has 0 amide bonds. The largest absolute Gasteiger partial charge is 0.573 e. The Kier molecular flexibility index (Phi) is 8.32. The SMILES string of the molecule is COS(=O)(=O)S(=O)(=O)O.N/N=C/c1ccc(-c2ncn(-c3ccc(OC(F)(F)F)cc3)n2)cc1. The number of hydrogen-bond donors (Lipinski definition) is 2. The van der Waals surface area contributed by atoms with Crippen LogP contribution in [0.1, 0.15) is 5.56 Å². The number of aromatic nitrogens is 3. The maximum absolute atomic E-state index is 12.2. The summed E-state index contributed by atoms with van der Waals surface area (Å²) in [6, 6.07) is 12.6. The number of alkyl halides is 3. The highest BCUT2D eigenvalue weighted by Crippen LogP contribution is 2.24. The van der Waals surface area contributed by atoms with Gasteiger partial charge in [0.05, 0.1) is 19.0 Å². The molecular formula is C17H16F3N5O7S2. The van der Waals surface area contributed by atoms with E-state index in [-0.39, 0.29) is 5.75 Å². The highest BCUT2D eigenvalue weighted by atomic mass is 33.2. The molecule has 0 aliphatic rings. The van der Waals surface area contributed by atoms with E-state index in [1.807, 2.05) is 24.3 Å². The minimum Gasteiger partial charge on any atom is -0.406 e. The van der Waals surface area contributed by atoms with Crippen LogP contribution >= 0.6 is 0 Å². The Labute approximate surface area is 190 Å². The fourth-order valence-electron chi connectivity index (χ4n) is 2.21. The minimum atomic E-state index is -5.10.